The highest BCUT2D eigenvalue weighted by molar-refractivity contribution is 6.04. The average Bonchev–Trinajstić information content (AvgIpc) is 2.74. The fourth-order valence-corrected chi connectivity index (χ4v) is 2.81. The third-order valence-corrected chi connectivity index (χ3v) is 4.24. The quantitative estimate of drug-likeness (QED) is 0.369. The molecule has 0 bridgehead atoms. The lowest BCUT2D eigenvalue weighted by Gasteiger charge is -2.16. The summed E-state index contributed by atoms with van der Waals surface area (Å²) in [5, 5.41) is 4.83. The van der Waals surface area contributed by atoms with Crippen LogP contribution in [0.25, 0.3) is 0 Å². The fourth-order valence-electron chi connectivity index (χ4n) is 2.81. The molecule has 9 nitrogen and oxygen atoms in total. The number of nitrogens with zero attached hydrogens (tertiary/aromatic N) is 1. The Balaban J connectivity index is 0.00000385. The molecule has 1 heterocycles. The maximum atomic E-state index is 14.3. The van der Waals surface area contributed by atoms with Gasteiger partial charge in [-0.05, 0) is 23.8 Å². The van der Waals surface area contributed by atoms with Gasteiger partial charge in [-0.1, -0.05) is 30.3 Å². The molecule has 0 saturated heterocycles. The van der Waals surface area contributed by atoms with E-state index in [2.05, 4.69) is 15.6 Å². The molecule has 3 amide bonds. The summed E-state index contributed by atoms with van der Waals surface area (Å²) < 4.78 is 19.8. The van der Waals surface area contributed by atoms with Gasteiger partial charge in [0.1, 0.15) is 24.0 Å². The fraction of sp³-hybridized carbons (Fsp3) is 0.0909. The molecule has 3 rings (SSSR count). The molecule has 3 aromatic rings. The minimum Gasteiger partial charge on any atom is -0.454 e. The van der Waals surface area contributed by atoms with E-state index in [1.807, 2.05) is 0 Å². The Bertz CT molecular complexity index is 1150. The first-order valence-corrected chi connectivity index (χ1v) is 9.44. The lowest BCUT2D eigenvalue weighted by molar-refractivity contribution is -0.130. The number of hydrogen-bond donors (Lipinski definition) is 4. The van der Waals surface area contributed by atoms with Crippen molar-refractivity contribution in [2.24, 2.45) is 5.73 Å². The van der Waals surface area contributed by atoms with Crippen molar-refractivity contribution in [3.63, 3.8) is 0 Å². The first-order chi connectivity index (χ1) is 15.3. The largest absolute Gasteiger partial charge is 0.454 e. The van der Waals surface area contributed by atoms with Crippen LogP contribution in [0, 0.1) is 5.82 Å². The van der Waals surface area contributed by atoms with E-state index in [-0.39, 0.29) is 29.7 Å². The van der Waals surface area contributed by atoms with E-state index in [1.54, 1.807) is 30.3 Å². The number of hydrogen-bond acceptors (Lipinski definition) is 6. The number of nitrogens with one attached hydrogen (secondary N) is 2. The molecule has 33 heavy (non-hydrogen) atoms. The Labute approximate surface area is 194 Å². The highest BCUT2D eigenvalue weighted by Crippen LogP contribution is 2.27. The van der Waals surface area contributed by atoms with E-state index in [9.17, 15) is 18.8 Å². The van der Waals surface area contributed by atoms with Gasteiger partial charge in [-0.25, -0.2) is 9.37 Å². The minimum absolute atomic E-state index is 0. The van der Waals surface area contributed by atoms with Gasteiger partial charge < -0.3 is 26.8 Å². The lowest BCUT2D eigenvalue weighted by atomic mass is 10.1. The number of nitrogen functional groups attached to an aromatic ring is 1. The Hall–Kier alpha value is -4.18. The monoisotopic (exact) mass is 473 g/mol. The van der Waals surface area contributed by atoms with Gasteiger partial charge in [-0.3, -0.25) is 14.4 Å². The van der Waals surface area contributed by atoms with Crippen LogP contribution in [0.5, 0.6) is 11.5 Å². The van der Waals surface area contributed by atoms with Crippen LogP contribution in [0.1, 0.15) is 18.0 Å². The van der Waals surface area contributed by atoms with Crippen molar-refractivity contribution < 1.29 is 23.5 Å². The number of rotatable bonds is 8. The summed E-state index contributed by atoms with van der Waals surface area (Å²) in [7, 11) is 0. The van der Waals surface area contributed by atoms with Crippen molar-refractivity contribution in [3.8, 4) is 11.5 Å². The number of carbonyl (C=O) groups excluding carboxylic acids is 3. The van der Waals surface area contributed by atoms with Gasteiger partial charge in [0.25, 0.3) is 0 Å². The topological polar surface area (TPSA) is 149 Å². The molecule has 1 aromatic heterocycles. The van der Waals surface area contributed by atoms with Crippen molar-refractivity contribution in [2.45, 2.75) is 12.5 Å². The molecule has 2 aromatic carbocycles. The summed E-state index contributed by atoms with van der Waals surface area (Å²) in [4.78, 5) is 39.9. The van der Waals surface area contributed by atoms with Crippen LogP contribution in [0.15, 0.2) is 66.9 Å². The van der Waals surface area contributed by atoms with Crippen LogP contribution < -0.4 is 26.8 Å². The third kappa shape index (κ3) is 7.18. The zero-order valence-corrected chi connectivity index (χ0v) is 18.0. The normalized spacial score (nSPS) is 10.9. The highest BCUT2D eigenvalue weighted by Gasteiger charge is 2.21. The van der Waals surface area contributed by atoms with Crippen molar-refractivity contribution in [1.82, 2.24) is 10.3 Å². The van der Waals surface area contributed by atoms with Crippen molar-refractivity contribution >= 4 is 41.6 Å². The summed E-state index contributed by atoms with van der Waals surface area (Å²) in [6.45, 7) is 0. The molecule has 0 saturated carbocycles. The predicted octanol–water partition coefficient (Wildman–Crippen LogP) is 2.69. The molecule has 0 aliphatic heterocycles. The molecule has 1 atom stereocenters. The number of carbonyl (C=O) groups is 3. The Morgan fingerprint density at radius 2 is 1.76 bits per heavy atom. The van der Waals surface area contributed by atoms with E-state index in [0.29, 0.717) is 11.3 Å². The predicted molar refractivity (Wildman–Crippen MR) is 122 cm³/mol. The smallest absolute Gasteiger partial charge is 0.244 e. The van der Waals surface area contributed by atoms with E-state index < -0.39 is 36.0 Å². The van der Waals surface area contributed by atoms with Gasteiger partial charge >= 0.3 is 0 Å². The van der Waals surface area contributed by atoms with E-state index in [4.69, 9.17) is 16.2 Å². The highest BCUT2D eigenvalue weighted by atomic mass is 35.5. The molecule has 0 fully saturated rings. The van der Waals surface area contributed by atoms with Crippen LogP contribution in [0.3, 0.4) is 0 Å². The lowest BCUT2D eigenvalue weighted by Crippen LogP contribution is -2.38. The number of benzene rings is 2. The van der Waals surface area contributed by atoms with E-state index in [0.717, 1.165) is 6.07 Å². The summed E-state index contributed by atoms with van der Waals surface area (Å²) >= 11 is 0. The van der Waals surface area contributed by atoms with Crippen molar-refractivity contribution in [3.05, 3.63) is 78.2 Å². The van der Waals surface area contributed by atoms with Gasteiger partial charge in [0.2, 0.25) is 17.7 Å². The molecule has 0 aliphatic rings. The number of anilines is 2. The Kier molecular flexibility index (Phi) is 8.70. The second-order valence-corrected chi connectivity index (χ2v) is 6.70. The maximum Gasteiger partial charge on any atom is 0.244 e. The van der Waals surface area contributed by atoms with Gasteiger partial charge in [0.15, 0.2) is 11.6 Å². The first-order valence-electron chi connectivity index (χ1n) is 9.44. The van der Waals surface area contributed by atoms with E-state index >= 15 is 0 Å². The molecule has 0 radical (unpaired) electrons. The molecular formula is C22H21ClFN5O4. The summed E-state index contributed by atoms with van der Waals surface area (Å²) in [6, 6.07) is 14.0. The van der Waals surface area contributed by atoms with Crippen molar-refractivity contribution in [1.29, 1.82) is 0 Å². The van der Waals surface area contributed by atoms with Crippen LogP contribution in [-0.2, 0) is 14.4 Å². The van der Waals surface area contributed by atoms with Crippen LogP contribution in [0.2, 0.25) is 0 Å². The standard InChI is InChI=1S/C22H20FN5O4.ClH/c23-16-10-14(6-7-17(16)32-15-8-9-26-18(24)11-15)27-19(29)12-20(30)28-21(22(25)31)13-4-2-1-3-5-13;/h1-11,21H,12H2,(H2,24,26)(H2,25,31)(H,27,29)(H,28,30);1H/t21-;/m1./s1. The number of primary amides is 1. The number of pyridine rings is 1. The molecule has 0 unspecified atom stereocenters. The number of halogens is 2. The minimum atomic E-state index is -1.08. The molecule has 6 N–H and O–H groups in total. The van der Waals surface area contributed by atoms with Gasteiger partial charge in [0, 0.05) is 24.0 Å². The SMILES string of the molecule is Cl.NC(=O)[C@H](NC(=O)CC(=O)Nc1ccc(Oc2ccnc(N)c2)c(F)c1)c1ccccc1. The number of amides is 3. The molecule has 172 valence electrons. The third-order valence-electron chi connectivity index (χ3n) is 4.24. The summed E-state index contributed by atoms with van der Waals surface area (Å²) in [5.41, 5.74) is 11.5. The van der Waals surface area contributed by atoms with Crippen LogP contribution in [-0.4, -0.2) is 22.7 Å². The van der Waals surface area contributed by atoms with Gasteiger partial charge in [-0.2, -0.15) is 0 Å². The molecule has 11 heteroatoms. The van der Waals surface area contributed by atoms with Crippen LogP contribution in [0.4, 0.5) is 15.9 Å². The maximum absolute atomic E-state index is 14.3. The first kappa shape index (κ1) is 25.1. The van der Waals surface area contributed by atoms with Gasteiger partial charge in [-0.15, -0.1) is 12.4 Å². The van der Waals surface area contributed by atoms with Crippen LogP contribution >= 0.6 is 12.4 Å². The number of nitrogens with two attached hydrogens (primary N) is 2. The second-order valence-electron chi connectivity index (χ2n) is 6.70. The molecule has 0 spiro atoms. The number of ether oxygens (including phenoxy) is 1. The zero-order valence-electron chi connectivity index (χ0n) is 17.2. The number of aromatic nitrogens is 1. The Morgan fingerprint density at radius 3 is 2.39 bits per heavy atom. The summed E-state index contributed by atoms with van der Waals surface area (Å²) in [5.74, 6) is -2.49. The van der Waals surface area contributed by atoms with Crippen molar-refractivity contribution in [2.75, 3.05) is 11.1 Å². The average molecular weight is 474 g/mol. The van der Waals surface area contributed by atoms with Gasteiger partial charge in [0.05, 0.1) is 0 Å². The molecular weight excluding hydrogens is 453 g/mol. The molecule has 0 aliphatic carbocycles. The Morgan fingerprint density at radius 1 is 1.03 bits per heavy atom. The summed E-state index contributed by atoms with van der Waals surface area (Å²) in [6.07, 6.45) is 0.829. The van der Waals surface area contributed by atoms with E-state index in [1.165, 1.54) is 30.5 Å². The second kappa shape index (κ2) is 11.4. The zero-order chi connectivity index (χ0) is 23.1.